The van der Waals surface area contributed by atoms with Crippen molar-refractivity contribution in [2.75, 3.05) is 25.6 Å². The number of rotatable bonds is 7. The van der Waals surface area contributed by atoms with Gasteiger partial charge in [-0.2, -0.15) is 0 Å². The monoisotopic (exact) mass is 362 g/mol. The Balaban J connectivity index is 1.93. The van der Waals surface area contributed by atoms with Crippen molar-refractivity contribution in [2.24, 2.45) is 0 Å². The molecule has 2 amide bonds. The molecule has 0 aliphatic rings. The normalized spacial score (nSPS) is 10.2. The first kappa shape index (κ1) is 18.8. The predicted molar refractivity (Wildman–Crippen MR) is 95.7 cm³/mol. The predicted octanol–water partition coefficient (Wildman–Crippen LogP) is 2.62. The summed E-state index contributed by atoms with van der Waals surface area (Å²) in [6.07, 6.45) is 0. The molecule has 0 bridgehead atoms. The van der Waals surface area contributed by atoms with Gasteiger partial charge in [0.25, 0.3) is 0 Å². The molecule has 0 saturated carbocycles. The summed E-state index contributed by atoms with van der Waals surface area (Å²) in [5.74, 6) is -1.08. The fourth-order valence-electron chi connectivity index (χ4n) is 2.01. The molecule has 6 nitrogen and oxygen atoms in total. The van der Waals surface area contributed by atoms with Gasteiger partial charge in [-0.1, -0.05) is 41.9 Å². The third-order valence-corrected chi connectivity index (χ3v) is 3.65. The van der Waals surface area contributed by atoms with Crippen molar-refractivity contribution in [3.8, 4) is 5.75 Å². The van der Waals surface area contributed by atoms with E-state index in [0.717, 1.165) is 5.56 Å². The SMILES string of the molecule is COCCOc1ccccc1NC(=O)C(=O)NCc1ccccc1Cl. The molecule has 7 heteroatoms. The minimum Gasteiger partial charge on any atom is -0.489 e. The van der Waals surface area contributed by atoms with Crippen LogP contribution in [0.15, 0.2) is 48.5 Å². The molecule has 0 fully saturated rings. The summed E-state index contributed by atoms with van der Waals surface area (Å²) in [7, 11) is 1.57. The lowest BCUT2D eigenvalue weighted by Gasteiger charge is -2.12. The molecule has 0 saturated heterocycles. The Bertz CT molecular complexity index is 737. The van der Waals surface area contributed by atoms with Crippen molar-refractivity contribution in [2.45, 2.75) is 6.54 Å². The summed E-state index contributed by atoms with van der Waals surface area (Å²) in [4.78, 5) is 24.0. The van der Waals surface area contributed by atoms with Crippen LogP contribution >= 0.6 is 11.6 Å². The summed E-state index contributed by atoms with van der Waals surface area (Å²) >= 11 is 6.02. The topological polar surface area (TPSA) is 76.7 Å². The maximum absolute atomic E-state index is 12.1. The fraction of sp³-hybridized carbons (Fsp3) is 0.222. The quantitative estimate of drug-likeness (QED) is 0.586. The summed E-state index contributed by atoms with van der Waals surface area (Å²) in [6.45, 7) is 0.917. The van der Waals surface area contributed by atoms with Crippen LogP contribution in [0, 0.1) is 0 Å². The van der Waals surface area contributed by atoms with Crippen LogP contribution in [0.1, 0.15) is 5.56 Å². The zero-order chi connectivity index (χ0) is 18.1. The molecule has 0 aliphatic heterocycles. The Morgan fingerprint density at radius 2 is 1.72 bits per heavy atom. The van der Waals surface area contributed by atoms with Gasteiger partial charge < -0.3 is 20.1 Å². The molecule has 0 heterocycles. The van der Waals surface area contributed by atoms with Crippen LogP contribution < -0.4 is 15.4 Å². The van der Waals surface area contributed by atoms with Gasteiger partial charge in [0.15, 0.2) is 0 Å². The van der Waals surface area contributed by atoms with E-state index in [-0.39, 0.29) is 6.54 Å². The number of nitrogens with one attached hydrogen (secondary N) is 2. The second-order valence-electron chi connectivity index (χ2n) is 5.07. The Hall–Kier alpha value is -2.57. The molecule has 0 radical (unpaired) electrons. The number of methoxy groups -OCH3 is 1. The van der Waals surface area contributed by atoms with Gasteiger partial charge in [0, 0.05) is 18.7 Å². The highest BCUT2D eigenvalue weighted by Crippen LogP contribution is 2.23. The Morgan fingerprint density at radius 3 is 2.48 bits per heavy atom. The van der Waals surface area contributed by atoms with Gasteiger partial charge in [-0.05, 0) is 23.8 Å². The van der Waals surface area contributed by atoms with Crippen molar-refractivity contribution in [3.63, 3.8) is 0 Å². The van der Waals surface area contributed by atoms with E-state index >= 15 is 0 Å². The van der Waals surface area contributed by atoms with Crippen molar-refractivity contribution in [3.05, 3.63) is 59.1 Å². The number of para-hydroxylation sites is 2. The van der Waals surface area contributed by atoms with E-state index in [4.69, 9.17) is 21.1 Å². The largest absolute Gasteiger partial charge is 0.489 e. The van der Waals surface area contributed by atoms with Crippen LogP contribution in [0.25, 0.3) is 0 Å². The highest BCUT2D eigenvalue weighted by Gasteiger charge is 2.16. The minimum atomic E-state index is -0.783. The summed E-state index contributed by atoms with van der Waals surface area (Å²) in [5, 5.41) is 5.60. The zero-order valence-corrected chi connectivity index (χ0v) is 14.5. The number of halogens is 1. The summed E-state index contributed by atoms with van der Waals surface area (Å²) in [5.41, 5.74) is 1.14. The number of ether oxygens (including phenoxy) is 2. The van der Waals surface area contributed by atoms with Crippen LogP contribution in [0.5, 0.6) is 5.75 Å². The molecule has 0 atom stereocenters. The van der Waals surface area contributed by atoms with Gasteiger partial charge in [-0.3, -0.25) is 9.59 Å². The van der Waals surface area contributed by atoms with Gasteiger partial charge in [-0.25, -0.2) is 0 Å². The summed E-state index contributed by atoms with van der Waals surface area (Å²) < 4.78 is 10.4. The Labute approximate surface area is 151 Å². The first-order chi connectivity index (χ1) is 12.1. The molecule has 0 aliphatic carbocycles. The summed E-state index contributed by atoms with van der Waals surface area (Å²) in [6, 6.07) is 14.0. The minimum absolute atomic E-state index is 0.165. The van der Waals surface area contributed by atoms with Gasteiger partial charge in [0.2, 0.25) is 0 Å². The molecule has 0 aromatic heterocycles. The van der Waals surface area contributed by atoms with Gasteiger partial charge in [-0.15, -0.1) is 0 Å². The molecule has 2 aromatic rings. The van der Waals surface area contributed by atoms with E-state index in [1.807, 2.05) is 0 Å². The number of hydrogen-bond donors (Lipinski definition) is 2. The lowest BCUT2D eigenvalue weighted by atomic mass is 10.2. The van der Waals surface area contributed by atoms with E-state index in [9.17, 15) is 9.59 Å². The number of anilines is 1. The van der Waals surface area contributed by atoms with E-state index in [0.29, 0.717) is 29.7 Å². The lowest BCUT2D eigenvalue weighted by molar-refractivity contribution is -0.136. The van der Waals surface area contributed by atoms with Crippen molar-refractivity contribution >= 4 is 29.1 Å². The highest BCUT2D eigenvalue weighted by atomic mass is 35.5. The van der Waals surface area contributed by atoms with Crippen LogP contribution in [0.3, 0.4) is 0 Å². The van der Waals surface area contributed by atoms with Crippen LogP contribution in [0.4, 0.5) is 5.69 Å². The molecular weight excluding hydrogens is 344 g/mol. The molecule has 0 unspecified atom stereocenters. The first-order valence-electron chi connectivity index (χ1n) is 7.65. The number of amides is 2. The second-order valence-corrected chi connectivity index (χ2v) is 5.47. The number of hydrogen-bond acceptors (Lipinski definition) is 4. The molecule has 2 N–H and O–H groups in total. The molecular formula is C18H19ClN2O4. The number of carbonyl (C=O) groups excluding carboxylic acids is 2. The maximum Gasteiger partial charge on any atom is 0.313 e. The third kappa shape index (κ3) is 5.77. The highest BCUT2D eigenvalue weighted by molar-refractivity contribution is 6.39. The molecule has 25 heavy (non-hydrogen) atoms. The second kappa shape index (κ2) is 9.66. The van der Waals surface area contributed by atoms with Crippen LogP contribution in [-0.2, 0) is 20.9 Å². The molecule has 132 valence electrons. The molecule has 2 rings (SSSR count). The van der Waals surface area contributed by atoms with Crippen molar-refractivity contribution in [1.82, 2.24) is 5.32 Å². The smallest absolute Gasteiger partial charge is 0.313 e. The Morgan fingerprint density at radius 1 is 1.00 bits per heavy atom. The zero-order valence-electron chi connectivity index (χ0n) is 13.8. The number of benzene rings is 2. The van der Waals surface area contributed by atoms with Crippen molar-refractivity contribution in [1.29, 1.82) is 0 Å². The third-order valence-electron chi connectivity index (χ3n) is 3.28. The standard InChI is InChI=1S/C18H19ClN2O4/c1-24-10-11-25-16-9-5-4-8-15(16)21-18(23)17(22)20-12-13-6-2-3-7-14(13)19/h2-9H,10-12H2,1H3,(H,20,22)(H,21,23). The molecule has 0 spiro atoms. The Kier molecular flexibility index (Phi) is 7.25. The van der Waals surface area contributed by atoms with Crippen LogP contribution in [-0.4, -0.2) is 32.1 Å². The van der Waals surface area contributed by atoms with E-state index in [1.165, 1.54) is 0 Å². The van der Waals surface area contributed by atoms with E-state index in [2.05, 4.69) is 10.6 Å². The fourth-order valence-corrected chi connectivity index (χ4v) is 2.21. The van der Waals surface area contributed by atoms with E-state index < -0.39 is 11.8 Å². The molecule has 2 aromatic carbocycles. The van der Waals surface area contributed by atoms with Gasteiger partial charge in [0.1, 0.15) is 12.4 Å². The average Bonchev–Trinajstić information content (AvgIpc) is 2.62. The van der Waals surface area contributed by atoms with Gasteiger partial charge in [0.05, 0.1) is 12.3 Å². The lowest BCUT2D eigenvalue weighted by Crippen LogP contribution is -2.35. The van der Waals surface area contributed by atoms with Crippen molar-refractivity contribution < 1.29 is 19.1 Å². The van der Waals surface area contributed by atoms with Crippen LogP contribution in [0.2, 0.25) is 5.02 Å². The van der Waals surface area contributed by atoms with E-state index in [1.54, 1.807) is 55.6 Å². The number of carbonyl (C=O) groups is 2. The maximum atomic E-state index is 12.1. The van der Waals surface area contributed by atoms with Gasteiger partial charge >= 0.3 is 11.8 Å². The first-order valence-corrected chi connectivity index (χ1v) is 8.03. The average molecular weight is 363 g/mol.